The number of hydrogen-bond acceptors (Lipinski definition) is 3. The first-order valence-electron chi connectivity index (χ1n) is 21.8. The van der Waals surface area contributed by atoms with Crippen molar-refractivity contribution in [3.05, 3.63) is 194 Å². The molecule has 13 rings (SSSR count). The maximum absolute atomic E-state index is 5.41. The van der Waals surface area contributed by atoms with Crippen LogP contribution in [0.15, 0.2) is 188 Å². The third kappa shape index (κ3) is 5.66. The molecule has 4 aliphatic rings. The van der Waals surface area contributed by atoms with Gasteiger partial charge in [0, 0.05) is 21.9 Å². The standard InChI is InChI=1S/C55H46N4Si/c1-4-16-44(17-5-1)60(45-18-6-2-7-19-45,46-20-8-3-9-21-46)47-22-14-15-42(34-47)53-56-52(41-27-29-43(30-28-41)55-35-38-31-39(36-55)33-40(32-38)37-55)57-54(58-53)59-50-25-12-10-23-48(50)49-24-11-13-26-51(49)59/h1-30,34,38-40H,31-33,35-37H2. The molecule has 5 heteroatoms. The van der Waals surface area contributed by atoms with Gasteiger partial charge < -0.3 is 0 Å². The van der Waals surface area contributed by atoms with Crippen LogP contribution in [0.1, 0.15) is 44.1 Å². The molecule has 9 aromatic rings. The van der Waals surface area contributed by atoms with Crippen molar-refractivity contribution in [2.75, 3.05) is 0 Å². The van der Waals surface area contributed by atoms with E-state index in [2.05, 4.69) is 193 Å². The van der Waals surface area contributed by atoms with Crippen molar-refractivity contribution in [3.63, 3.8) is 0 Å². The molecule has 2 heterocycles. The fraction of sp³-hybridized carbons (Fsp3) is 0.182. The SMILES string of the molecule is c1ccc([Si](c2ccccc2)(c2ccccc2)c2cccc(-c3nc(-c4ccc(C56CC7CC(CC(C7)C5)C6)cc4)nc(-n4c5ccccc5c5ccccc54)n3)c2)cc1. The summed E-state index contributed by atoms with van der Waals surface area (Å²) in [5.74, 6) is 4.69. The van der Waals surface area contributed by atoms with Gasteiger partial charge in [-0.05, 0) is 100 Å². The fourth-order valence-electron chi connectivity index (χ4n) is 12.3. The number of benzene rings is 7. The van der Waals surface area contributed by atoms with Gasteiger partial charge >= 0.3 is 0 Å². The number of fused-ring (bicyclic) bond motifs is 3. The van der Waals surface area contributed by atoms with Crippen LogP contribution in [0, 0.1) is 17.8 Å². The maximum atomic E-state index is 5.41. The lowest BCUT2D eigenvalue weighted by atomic mass is 9.48. The van der Waals surface area contributed by atoms with Crippen molar-refractivity contribution in [1.29, 1.82) is 0 Å². The highest BCUT2D eigenvalue weighted by molar-refractivity contribution is 7.19. The van der Waals surface area contributed by atoms with Crippen molar-refractivity contribution in [2.24, 2.45) is 17.8 Å². The molecule has 0 amide bonds. The van der Waals surface area contributed by atoms with Gasteiger partial charge in [-0.2, -0.15) is 9.97 Å². The monoisotopic (exact) mass is 790 g/mol. The van der Waals surface area contributed by atoms with Gasteiger partial charge in [-0.25, -0.2) is 4.98 Å². The minimum absolute atomic E-state index is 0.332. The van der Waals surface area contributed by atoms with Crippen molar-refractivity contribution < 1.29 is 0 Å². The van der Waals surface area contributed by atoms with Gasteiger partial charge in [0.15, 0.2) is 19.7 Å². The van der Waals surface area contributed by atoms with Crippen molar-refractivity contribution in [2.45, 2.75) is 43.9 Å². The largest absolute Gasteiger partial charge is 0.278 e. The predicted molar refractivity (Wildman–Crippen MR) is 249 cm³/mol. The zero-order valence-corrected chi connectivity index (χ0v) is 34.7. The van der Waals surface area contributed by atoms with E-state index in [1.165, 1.54) is 75.6 Å². The van der Waals surface area contributed by atoms with Crippen LogP contribution in [-0.4, -0.2) is 27.6 Å². The normalized spacial score (nSPS) is 20.8. The number of para-hydroxylation sites is 2. The third-order valence-corrected chi connectivity index (χ3v) is 19.1. The van der Waals surface area contributed by atoms with E-state index in [-0.39, 0.29) is 0 Å². The van der Waals surface area contributed by atoms with Crippen LogP contribution in [0.3, 0.4) is 0 Å². The molecule has 0 aliphatic heterocycles. The van der Waals surface area contributed by atoms with Crippen LogP contribution in [0.5, 0.6) is 0 Å². The van der Waals surface area contributed by atoms with E-state index in [1.54, 1.807) is 0 Å². The second kappa shape index (κ2) is 14.1. The minimum atomic E-state index is -2.79. The van der Waals surface area contributed by atoms with Crippen molar-refractivity contribution in [1.82, 2.24) is 19.5 Å². The van der Waals surface area contributed by atoms with Gasteiger partial charge in [0.2, 0.25) is 5.95 Å². The second-order valence-electron chi connectivity index (χ2n) is 17.9. The van der Waals surface area contributed by atoms with Gasteiger partial charge in [0.05, 0.1) is 11.0 Å². The van der Waals surface area contributed by atoms with E-state index in [4.69, 9.17) is 15.0 Å². The molecular weight excluding hydrogens is 745 g/mol. The van der Waals surface area contributed by atoms with Gasteiger partial charge in [0.1, 0.15) is 0 Å². The van der Waals surface area contributed by atoms with E-state index >= 15 is 0 Å². The molecular formula is C55H46N4Si. The Morgan fingerprint density at radius 2 is 0.867 bits per heavy atom. The summed E-state index contributed by atoms with van der Waals surface area (Å²) in [6, 6.07) is 69.0. The lowest BCUT2D eigenvalue weighted by Crippen LogP contribution is -2.74. The topological polar surface area (TPSA) is 43.6 Å². The first kappa shape index (κ1) is 35.5. The fourth-order valence-corrected chi connectivity index (χ4v) is 17.0. The molecule has 290 valence electrons. The Morgan fingerprint density at radius 3 is 1.38 bits per heavy atom. The van der Waals surface area contributed by atoms with E-state index < -0.39 is 8.07 Å². The quantitative estimate of drug-likeness (QED) is 0.114. The van der Waals surface area contributed by atoms with Crippen LogP contribution in [0.25, 0.3) is 50.5 Å². The second-order valence-corrected chi connectivity index (χ2v) is 21.7. The van der Waals surface area contributed by atoms with Gasteiger partial charge in [-0.3, -0.25) is 4.57 Å². The predicted octanol–water partition coefficient (Wildman–Crippen LogP) is 10.1. The summed E-state index contributed by atoms with van der Waals surface area (Å²) in [5, 5.41) is 7.65. The maximum Gasteiger partial charge on any atom is 0.238 e. The van der Waals surface area contributed by atoms with E-state index in [0.717, 1.165) is 39.9 Å². The zero-order valence-electron chi connectivity index (χ0n) is 33.7. The number of nitrogens with zero attached hydrogens (tertiary/aromatic N) is 4. The number of hydrogen-bond donors (Lipinski definition) is 0. The highest BCUT2D eigenvalue weighted by Gasteiger charge is 2.51. The van der Waals surface area contributed by atoms with E-state index in [0.29, 0.717) is 23.0 Å². The van der Waals surface area contributed by atoms with Crippen LogP contribution in [0.4, 0.5) is 0 Å². The number of aromatic nitrogens is 4. The Bertz CT molecular complexity index is 2830. The Balaban J connectivity index is 1.06. The summed E-state index contributed by atoms with van der Waals surface area (Å²) in [4.78, 5) is 16.2. The molecule has 0 radical (unpaired) electrons. The summed E-state index contributed by atoms with van der Waals surface area (Å²) in [6.07, 6.45) is 8.39. The first-order valence-corrected chi connectivity index (χ1v) is 23.8. The van der Waals surface area contributed by atoms with Crippen LogP contribution >= 0.6 is 0 Å². The van der Waals surface area contributed by atoms with Gasteiger partial charge in [0.25, 0.3) is 0 Å². The summed E-state index contributed by atoms with van der Waals surface area (Å²) < 4.78 is 2.23. The van der Waals surface area contributed by atoms with Crippen molar-refractivity contribution in [3.8, 4) is 28.7 Å². The molecule has 4 fully saturated rings. The highest BCUT2D eigenvalue weighted by Crippen LogP contribution is 2.60. The van der Waals surface area contributed by atoms with Gasteiger partial charge in [-0.1, -0.05) is 176 Å². The molecule has 0 spiro atoms. The minimum Gasteiger partial charge on any atom is -0.278 e. The molecule has 4 saturated carbocycles. The lowest BCUT2D eigenvalue weighted by molar-refractivity contribution is -0.00518. The molecule has 4 nitrogen and oxygen atoms in total. The smallest absolute Gasteiger partial charge is 0.238 e. The van der Waals surface area contributed by atoms with Crippen LogP contribution < -0.4 is 20.7 Å². The Labute approximate surface area is 352 Å². The lowest BCUT2D eigenvalue weighted by Gasteiger charge is -2.57. The Hall–Kier alpha value is -6.43. The molecule has 7 aromatic carbocycles. The Morgan fingerprint density at radius 1 is 0.417 bits per heavy atom. The molecule has 0 atom stereocenters. The molecule has 0 N–H and O–H groups in total. The first-order chi connectivity index (χ1) is 29.6. The average Bonchev–Trinajstić information content (AvgIpc) is 3.64. The van der Waals surface area contributed by atoms with Crippen LogP contribution in [0.2, 0.25) is 0 Å². The summed E-state index contributed by atoms with van der Waals surface area (Å²) in [5.41, 5.74) is 6.00. The summed E-state index contributed by atoms with van der Waals surface area (Å²) in [7, 11) is -2.79. The summed E-state index contributed by atoms with van der Waals surface area (Å²) in [6.45, 7) is 0. The van der Waals surface area contributed by atoms with Crippen LogP contribution in [-0.2, 0) is 5.41 Å². The molecule has 60 heavy (non-hydrogen) atoms. The molecule has 2 aromatic heterocycles. The molecule has 4 aliphatic carbocycles. The zero-order chi connectivity index (χ0) is 39.7. The molecule has 0 unspecified atom stereocenters. The number of rotatable bonds is 8. The summed E-state index contributed by atoms with van der Waals surface area (Å²) >= 11 is 0. The van der Waals surface area contributed by atoms with Crippen molar-refractivity contribution >= 4 is 50.6 Å². The van der Waals surface area contributed by atoms with Gasteiger partial charge in [-0.15, -0.1) is 0 Å². The van der Waals surface area contributed by atoms with E-state index in [1.807, 2.05) is 0 Å². The molecule has 0 saturated heterocycles. The average molecular weight is 791 g/mol. The highest BCUT2D eigenvalue weighted by atomic mass is 28.3. The molecule has 4 bridgehead atoms. The van der Waals surface area contributed by atoms with E-state index in [9.17, 15) is 0 Å². The Kier molecular flexibility index (Phi) is 8.34. The third-order valence-electron chi connectivity index (χ3n) is 14.4.